The van der Waals surface area contributed by atoms with Gasteiger partial charge in [0.2, 0.25) is 0 Å². The summed E-state index contributed by atoms with van der Waals surface area (Å²) in [5, 5.41) is 4.17. The van der Waals surface area contributed by atoms with Crippen LogP contribution in [0.1, 0.15) is 58.5 Å². The molecule has 1 N–H and O–H groups in total. The number of nitrogens with zero attached hydrogens (tertiary/aromatic N) is 2. The monoisotopic (exact) mass is 407 g/mol. The van der Waals surface area contributed by atoms with Gasteiger partial charge in [-0.05, 0) is 50.3 Å². The van der Waals surface area contributed by atoms with E-state index in [1.807, 2.05) is 6.92 Å². The molecule has 0 unspecified atom stereocenters. The lowest BCUT2D eigenvalue weighted by atomic mass is 10.0. The van der Waals surface area contributed by atoms with Gasteiger partial charge in [-0.15, -0.1) is 11.3 Å². The number of piperidine rings is 1. The first-order chi connectivity index (χ1) is 13.5. The lowest BCUT2D eigenvalue weighted by molar-refractivity contribution is 0.0912. The first kappa shape index (κ1) is 20.9. The van der Waals surface area contributed by atoms with Crippen LogP contribution in [0.25, 0.3) is 0 Å². The normalized spacial score (nSPS) is 15.7. The van der Waals surface area contributed by atoms with Crippen molar-refractivity contribution < 1.29 is 13.6 Å². The lowest BCUT2D eigenvalue weighted by Crippen LogP contribution is -2.44. The zero-order valence-corrected chi connectivity index (χ0v) is 17.2. The number of aromatic nitrogens is 1. The molecule has 4 nitrogen and oxygen atoms in total. The van der Waals surface area contributed by atoms with Gasteiger partial charge in [-0.1, -0.05) is 19.4 Å². The maximum atomic E-state index is 13.4. The number of hydrogen-bond donors (Lipinski definition) is 1. The standard InChI is InChI=1S/C21H27F2N3OS/c1-3-4-5-19-24-14(2)20(28-19)21(27)25-16-8-10-26(11-9-16)13-15-6-7-17(22)18(23)12-15/h6-7,12,16H,3-5,8-11,13H2,1-2H3,(H,25,27). The van der Waals surface area contributed by atoms with Gasteiger partial charge in [-0.25, -0.2) is 13.8 Å². The number of amides is 1. The molecule has 0 aliphatic carbocycles. The zero-order chi connectivity index (χ0) is 20.1. The summed E-state index contributed by atoms with van der Waals surface area (Å²) in [5.41, 5.74) is 1.57. The Labute approximate surface area is 169 Å². The van der Waals surface area contributed by atoms with Gasteiger partial charge in [-0.3, -0.25) is 9.69 Å². The average Bonchev–Trinajstić information content (AvgIpc) is 3.05. The third-order valence-corrected chi connectivity index (χ3v) is 6.32. The van der Waals surface area contributed by atoms with E-state index in [9.17, 15) is 13.6 Å². The number of halogens is 2. The van der Waals surface area contributed by atoms with Crippen LogP contribution in [-0.4, -0.2) is 34.9 Å². The second-order valence-electron chi connectivity index (χ2n) is 7.40. The van der Waals surface area contributed by atoms with Crippen LogP contribution in [-0.2, 0) is 13.0 Å². The third kappa shape index (κ3) is 5.35. The van der Waals surface area contributed by atoms with Crippen molar-refractivity contribution in [2.45, 2.75) is 58.5 Å². The van der Waals surface area contributed by atoms with Gasteiger partial charge in [0.1, 0.15) is 4.88 Å². The topological polar surface area (TPSA) is 45.2 Å². The molecule has 1 aromatic carbocycles. The molecule has 2 aromatic rings. The summed E-state index contributed by atoms with van der Waals surface area (Å²) in [6, 6.07) is 4.18. The van der Waals surface area contributed by atoms with E-state index in [1.54, 1.807) is 6.07 Å². The Morgan fingerprint density at radius 3 is 2.71 bits per heavy atom. The van der Waals surface area contributed by atoms with Gasteiger partial charge in [0.05, 0.1) is 10.7 Å². The summed E-state index contributed by atoms with van der Waals surface area (Å²) in [5.74, 6) is -1.66. The van der Waals surface area contributed by atoms with Gasteiger partial charge >= 0.3 is 0 Å². The summed E-state index contributed by atoms with van der Waals surface area (Å²) in [4.78, 5) is 20.1. The van der Waals surface area contributed by atoms with E-state index in [0.717, 1.165) is 66.3 Å². The number of carbonyl (C=O) groups is 1. The molecule has 0 spiro atoms. The highest BCUT2D eigenvalue weighted by Crippen LogP contribution is 2.21. The number of aryl methyl sites for hydroxylation is 2. The molecule has 1 aliphatic heterocycles. The largest absolute Gasteiger partial charge is 0.348 e. The van der Waals surface area contributed by atoms with Crippen molar-refractivity contribution in [2.75, 3.05) is 13.1 Å². The van der Waals surface area contributed by atoms with Gasteiger partial charge in [0, 0.05) is 25.7 Å². The Kier molecular flexibility index (Phi) is 7.13. The summed E-state index contributed by atoms with van der Waals surface area (Å²) < 4.78 is 26.4. The van der Waals surface area contributed by atoms with E-state index in [2.05, 4.69) is 22.1 Å². The molecule has 1 amide bonds. The Balaban J connectivity index is 1.49. The van der Waals surface area contributed by atoms with E-state index in [0.29, 0.717) is 6.54 Å². The van der Waals surface area contributed by atoms with Crippen molar-refractivity contribution in [3.63, 3.8) is 0 Å². The maximum absolute atomic E-state index is 13.4. The third-order valence-electron chi connectivity index (χ3n) is 5.10. The van der Waals surface area contributed by atoms with Crippen LogP contribution < -0.4 is 5.32 Å². The number of hydrogen-bond acceptors (Lipinski definition) is 4. The molecular formula is C21H27F2N3OS. The molecule has 1 aliphatic rings. The SMILES string of the molecule is CCCCc1nc(C)c(C(=O)NC2CCN(Cc3ccc(F)c(F)c3)CC2)s1. The molecule has 2 heterocycles. The minimum atomic E-state index is -0.818. The van der Waals surface area contributed by atoms with Gasteiger partial charge in [-0.2, -0.15) is 0 Å². The van der Waals surface area contributed by atoms with Crippen molar-refractivity contribution in [3.05, 3.63) is 51.0 Å². The molecule has 0 radical (unpaired) electrons. The predicted octanol–water partition coefficient (Wildman–Crippen LogP) is 4.47. The summed E-state index contributed by atoms with van der Waals surface area (Å²) in [7, 11) is 0. The van der Waals surface area contributed by atoms with Crippen molar-refractivity contribution in [1.29, 1.82) is 0 Å². The van der Waals surface area contributed by atoms with E-state index in [-0.39, 0.29) is 11.9 Å². The molecule has 152 valence electrons. The maximum Gasteiger partial charge on any atom is 0.263 e. The van der Waals surface area contributed by atoms with Crippen molar-refractivity contribution in [1.82, 2.24) is 15.2 Å². The van der Waals surface area contributed by atoms with Crippen LogP contribution in [0.2, 0.25) is 0 Å². The Morgan fingerprint density at radius 1 is 1.29 bits per heavy atom. The van der Waals surface area contributed by atoms with E-state index >= 15 is 0 Å². The number of likely N-dealkylation sites (tertiary alicyclic amines) is 1. The highest BCUT2D eigenvalue weighted by molar-refractivity contribution is 7.13. The van der Waals surface area contributed by atoms with Gasteiger partial charge in [0.15, 0.2) is 11.6 Å². The number of carbonyl (C=O) groups excluding carboxylic acids is 1. The number of rotatable bonds is 7. The highest BCUT2D eigenvalue weighted by atomic mass is 32.1. The molecule has 1 fully saturated rings. The second-order valence-corrected chi connectivity index (χ2v) is 8.48. The molecule has 0 saturated carbocycles. The molecule has 0 bridgehead atoms. The lowest BCUT2D eigenvalue weighted by Gasteiger charge is -2.32. The smallest absolute Gasteiger partial charge is 0.263 e. The zero-order valence-electron chi connectivity index (χ0n) is 16.4. The van der Waals surface area contributed by atoms with Crippen molar-refractivity contribution in [3.8, 4) is 0 Å². The quantitative estimate of drug-likeness (QED) is 0.737. The average molecular weight is 408 g/mol. The fourth-order valence-electron chi connectivity index (χ4n) is 3.48. The molecule has 3 rings (SSSR count). The molecule has 28 heavy (non-hydrogen) atoms. The number of nitrogens with one attached hydrogen (secondary N) is 1. The minimum Gasteiger partial charge on any atom is -0.348 e. The van der Waals surface area contributed by atoms with Gasteiger partial charge in [0.25, 0.3) is 5.91 Å². The fourth-order valence-corrected chi connectivity index (χ4v) is 4.49. The molecule has 1 saturated heterocycles. The van der Waals surface area contributed by atoms with Gasteiger partial charge < -0.3 is 5.32 Å². The summed E-state index contributed by atoms with van der Waals surface area (Å²) in [6.07, 6.45) is 4.82. The van der Waals surface area contributed by atoms with Crippen LogP contribution >= 0.6 is 11.3 Å². The summed E-state index contributed by atoms with van der Waals surface area (Å²) >= 11 is 1.50. The number of benzene rings is 1. The number of thiazole rings is 1. The van der Waals surface area contributed by atoms with E-state index in [1.165, 1.54) is 23.5 Å². The van der Waals surface area contributed by atoms with Crippen LogP contribution in [0.4, 0.5) is 8.78 Å². The van der Waals surface area contributed by atoms with E-state index in [4.69, 9.17) is 0 Å². The first-order valence-electron chi connectivity index (χ1n) is 9.89. The van der Waals surface area contributed by atoms with Crippen LogP contribution in [0.15, 0.2) is 18.2 Å². The molecule has 1 aromatic heterocycles. The molecule has 0 atom stereocenters. The van der Waals surface area contributed by atoms with Crippen molar-refractivity contribution >= 4 is 17.2 Å². The Hall–Kier alpha value is -1.86. The predicted molar refractivity (Wildman–Crippen MR) is 108 cm³/mol. The summed E-state index contributed by atoms with van der Waals surface area (Å²) in [6.45, 7) is 6.26. The second kappa shape index (κ2) is 9.56. The van der Waals surface area contributed by atoms with E-state index < -0.39 is 11.6 Å². The Bertz CT molecular complexity index is 816. The first-order valence-corrected chi connectivity index (χ1v) is 10.7. The van der Waals surface area contributed by atoms with Crippen LogP contribution in [0.3, 0.4) is 0 Å². The highest BCUT2D eigenvalue weighted by Gasteiger charge is 2.23. The molecule has 7 heteroatoms. The van der Waals surface area contributed by atoms with Crippen LogP contribution in [0.5, 0.6) is 0 Å². The van der Waals surface area contributed by atoms with Crippen LogP contribution in [0, 0.1) is 18.6 Å². The Morgan fingerprint density at radius 2 is 2.04 bits per heavy atom. The number of unbranched alkanes of at least 4 members (excludes halogenated alkanes) is 1. The fraction of sp³-hybridized carbons (Fsp3) is 0.524. The minimum absolute atomic E-state index is 0.0307. The molecular weight excluding hydrogens is 380 g/mol. The van der Waals surface area contributed by atoms with Crippen molar-refractivity contribution in [2.24, 2.45) is 0 Å².